The van der Waals surface area contributed by atoms with Crippen LogP contribution in [-0.2, 0) is 11.2 Å². The predicted octanol–water partition coefficient (Wildman–Crippen LogP) is 9.99. The van der Waals surface area contributed by atoms with E-state index in [0.717, 1.165) is 58.4 Å². The van der Waals surface area contributed by atoms with Crippen molar-refractivity contribution in [1.29, 1.82) is 0 Å². The van der Waals surface area contributed by atoms with E-state index in [-0.39, 0.29) is 5.82 Å². The zero-order valence-corrected chi connectivity index (χ0v) is 23.3. The van der Waals surface area contributed by atoms with Gasteiger partial charge in [0.05, 0.1) is 6.61 Å². The van der Waals surface area contributed by atoms with Crippen LogP contribution in [0, 0.1) is 5.82 Å². The lowest BCUT2D eigenvalue weighted by Gasteiger charge is -2.13. The van der Waals surface area contributed by atoms with Crippen LogP contribution in [-0.4, -0.2) is 20.3 Å². The first-order valence-electron chi connectivity index (χ1n) is 13.9. The second kappa shape index (κ2) is 12.8. The second-order valence-electron chi connectivity index (χ2n) is 10.1. The first-order valence-corrected chi connectivity index (χ1v) is 13.9. The van der Waals surface area contributed by atoms with E-state index in [4.69, 9.17) is 9.47 Å². The van der Waals surface area contributed by atoms with Crippen molar-refractivity contribution >= 4 is 16.8 Å². The van der Waals surface area contributed by atoms with Gasteiger partial charge in [0.15, 0.2) is 0 Å². The maximum Gasteiger partial charge on any atom is 0.131 e. The van der Waals surface area contributed by atoms with Crippen molar-refractivity contribution in [2.45, 2.75) is 26.2 Å². The lowest BCUT2D eigenvalue weighted by atomic mass is 9.92. The standard InChI is InChI=1S/C37H35FO2/c1-4-7-26-8-9-30-24-31(11-10-29(30)22-26)32-14-18-35(27(5-2)23-32)33-15-19-36(37(38)25-33)28-12-16-34(17-13-28)40-21-6-20-39-3/h5,8-19,22-25H,2,4,6-7,20-21H2,1,3H3. The van der Waals surface area contributed by atoms with Crippen LogP contribution in [0.3, 0.4) is 0 Å². The molecule has 0 aliphatic carbocycles. The Morgan fingerprint density at radius 1 is 0.700 bits per heavy atom. The van der Waals surface area contributed by atoms with E-state index in [1.807, 2.05) is 42.5 Å². The van der Waals surface area contributed by atoms with Crippen LogP contribution in [0.2, 0.25) is 0 Å². The van der Waals surface area contributed by atoms with E-state index in [1.165, 1.54) is 16.3 Å². The SMILES string of the molecule is C=Cc1cc(-c2ccc3cc(CCC)ccc3c2)ccc1-c1ccc(-c2ccc(OCCCOC)cc2)c(F)c1. The molecule has 0 saturated carbocycles. The summed E-state index contributed by atoms with van der Waals surface area (Å²) in [4.78, 5) is 0. The highest BCUT2D eigenvalue weighted by atomic mass is 19.1. The predicted molar refractivity (Wildman–Crippen MR) is 166 cm³/mol. The van der Waals surface area contributed by atoms with Crippen molar-refractivity contribution in [3.8, 4) is 39.1 Å². The number of ether oxygens (including phenoxy) is 2. The Morgan fingerprint density at radius 2 is 1.38 bits per heavy atom. The molecule has 0 heterocycles. The summed E-state index contributed by atoms with van der Waals surface area (Å²) >= 11 is 0. The van der Waals surface area contributed by atoms with Crippen LogP contribution in [0.5, 0.6) is 5.75 Å². The van der Waals surface area contributed by atoms with Gasteiger partial charge in [-0.1, -0.05) is 92.7 Å². The molecule has 2 nitrogen and oxygen atoms in total. The van der Waals surface area contributed by atoms with Crippen LogP contribution < -0.4 is 4.74 Å². The number of fused-ring (bicyclic) bond motifs is 1. The normalized spacial score (nSPS) is 11.1. The lowest BCUT2D eigenvalue weighted by Crippen LogP contribution is -2.01. The van der Waals surface area contributed by atoms with E-state index >= 15 is 4.39 Å². The molecule has 0 aliphatic rings. The number of hydrogen-bond donors (Lipinski definition) is 0. The number of aryl methyl sites for hydroxylation is 1. The van der Waals surface area contributed by atoms with E-state index in [9.17, 15) is 0 Å². The number of benzene rings is 5. The molecule has 5 aromatic carbocycles. The van der Waals surface area contributed by atoms with Crippen molar-refractivity contribution in [1.82, 2.24) is 0 Å². The maximum atomic E-state index is 15.3. The third-order valence-corrected chi connectivity index (χ3v) is 7.26. The van der Waals surface area contributed by atoms with Gasteiger partial charge in [0, 0.05) is 25.7 Å². The average molecular weight is 531 g/mol. The third-order valence-electron chi connectivity index (χ3n) is 7.26. The van der Waals surface area contributed by atoms with Crippen LogP contribution >= 0.6 is 0 Å². The highest BCUT2D eigenvalue weighted by molar-refractivity contribution is 5.89. The van der Waals surface area contributed by atoms with Gasteiger partial charge in [0.1, 0.15) is 11.6 Å². The summed E-state index contributed by atoms with van der Waals surface area (Å²) in [5, 5.41) is 2.49. The summed E-state index contributed by atoms with van der Waals surface area (Å²) in [5.74, 6) is 0.502. The van der Waals surface area contributed by atoms with Gasteiger partial charge in [0.2, 0.25) is 0 Å². The summed E-state index contributed by atoms with van der Waals surface area (Å²) in [6.45, 7) is 7.50. The Kier molecular flexibility index (Phi) is 8.73. The van der Waals surface area contributed by atoms with Gasteiger partial charge in [0.25, 0.3) is 0 Å². The minimum atomic E-state index is -0.262. The van der Waals surface area contributed by atoms with Crippen LogP contribution in [0.25, 0.3) is 50.2 Å². The number of hydrogen-bond acceptors (Lipinski definition) is 2. The molecule has 40 heavy (non-hydrogen) atoms. The molecule has 0 radical (unpaired) electrons. The molecule has 0 atom stereocenters. The highest BCUT2D eigenvalue weighted by Gasteiger charge is 2.11. The number of rotatable bonds is 11. The Labute approximate surface area is 236 Å². The van der Waals surface area contributed by atoms with Gasteiger partial charge in [-0.3, -0.25) is 0 Å². The molecule has 5 rings (SSSR count). The molecule has 0 fully saturated rings. The van der Waals surface area contributed by atoms with E-state index in [2.05, 4.69) is 68.1 Å². The van der Waals surface area contributed by atoms with Crippen molar-refractivity contribution in [2.24, 2.45) is 0 Å². The molecule has 0 aliphatic heterocycles. The monoisotopic (exact) mass is 530 g/mol. The van der Waals surface area contributed by atoms with Crippen LogP contribution in [0.4, 0.5) is 4.39 Å². The van der Waals surface area contributed by atoms with Crippen LogP contribution in [0.15, 0.2) is 104 Å². The smallest absolute Gasteiger partial charge is 0.131 e. The second-order valence-corrected chi connectivity index (χ2v) is 10.1. The molecule has 5 aromatic rings. The summed E-state index contributed by atoms with van der Waals surface area (Å²) < 4.78 is 26.1. The summed E-state index contributed by atoms with van der Waals surface area (Å²) in [7, 11) is 1.68. The Bertz CT molecular complexity index is 1620. The first-order chi connectivity index (χ1) is 19.6. The van der Waals surface area contributed by atoms with Gasteiger partial charge in [-0.15, -0.1) is 0 Å². The van der Waals surface area contributed by atoms with Crippen molar-refractivity contribution in [3.05, 3.63) is 121 Å². The Balaban J connectivity index is 1.37. The summed E-state index contributed by atoms with van der Waals surface area (Å²) in [5.41, 5.74) is 7.75. The molecule has 0 bridgehead atoms. The molecular weight excluding hydrogens is 495 g/mol. The van der Waals surface area contributed by atoms with Gasteiger partial charge >= 0.3 is 0 Å². The minimum Gasteiger partial charge on any atom is -0.494 e. The fourth-order valence-electron chi connectivity index (χ4n) is 5.13. The molecule has 0 amide bonds. The molecule has 3 heteroatoms. The molecule has 0 unspecified atom stereocenters. The molecular formula is C37H35FO2. The van der Waals surface area contributed by atoms with Gasteiger partial charge < -0.3 is 9.47 Å². The van der Waals surface area contributed by atoms with E-state index in [0.29, 0.717) is 18.8 Å². The zero-order chi connectivity index (χ0) is 27.9. The third kappa shape index (κ3) is 6.16. The van der Waals surface area contributed by atoms with Crippen molar-refractivity contribution < 1.29 is 13.9 Å². The summed E-state index contributed by atoms with van der Waals surface area (Å²) in [6, 6.07) is 32.6. The fourth-order valence-corrected chi connectivity index (χ4v) is 5.13. The minimum absolute atomic E-state index is 0.262. The van der Waals surface area contributed by atoms with E-state index < -0.39 is 0 Å². The molecule has 0 N–H and O–H groups in total. The zero-order valence-electron chi connectivity index (χ0n) is 23.3. The molecule has 202 valence electrons. The van der Waals surface area contributed by atoms with Crippen molar-refractivity contribution in [3.63, 3.8) is 0 Å². The summed E-state index contributed by atoms with van der Waals surface area (Å²) in [6.07, 6.45) is 4.91. The van der Waals surface area contributed by atoms with Gasteiger partial charge in [-0.25, -0.2) is 4.39 Å². The quantitative estimate of drug-likeness (QED) is 0.158. The Morgan fingerprint density at radius 3 is 2.12 bits per heavy atom. The van der Waals surface area contributed by atoms with Gasteiger partial charge in [-0.05, 0) is 86.5 Å². The molecule has 0 aromatic heterocycles. The number of methoxy groups -OCH3 is 1. The van der Waals surface area contributed by atoms with Crippen LogP contribution in [0.1, 0.15) is 30.9 Å². The fraction of sp³-hybridized carbons (Fsp3) is 0.189. The maximum absolute atomic E-state index is 15.3. The average Bonchev–Trinajstić information content (AvgIpc) is 2.99. The molecule has 0 saturated heterocycles. The molecule has 0 spiro atoms. The lowest BCUT2D eigenvalue weighted by molar-refractivity contribution is 0.172. The van der Waals surface area contributed by atoms with E-state index in [1.54, 1.807) is 13.2 Å². The topological polar surface area (TPSA) is 18.5 Å². The Hall–Kier alpha value is -4.21. The van der Waals surface area contributed by atoms with Crippen molar-refractivity contribution in [2.75, 3.05) is 20.3 Å². The first kappa shape index (κ1) is 27.4. The largest absolute Gasteiger partial charge is 0.494 e. The highest BCUT2D eigenvalue weighted by Crippen LogP contribution is 2.34. The van der Waals surface area contributed by atoms with Gasteiger partial charge in [-0.2, -0.15) is 0 Å². The number of halogens is 1.